The fraction of sp³-hybridized carbons (Fsp3) is 0.0476. The molecule has 0 heterocycles. The van der Waals surface area contributed by atoms with Crippen LogP contribution in [0.4, 0.5) is 0 Å². The Morgan fingerprint density at radius 2 is 1.33 bits per heavy atom. The zero-order valence-electron chi connectivity index (χ0n) is 14.6. The van der Waals surface area contributed by atoms with Crippen molar-refractivity contribution >= 4 is 53.5 Å². The molecule has 0 unspecified atom stereocenters. The van der Waals surface area contributed by atoms with Crippen molar-refractivity contribution in [3.63, 3.8) is 0 Å². The summed E-state index contributed by atoms with van der Waals surface area (Å²) < 4.78 is 37.7. The summed E-state index contributed by atoms with van der Waals surface area (Å²) in [6.45, 7) is -0.277. The number of fused-ring (bicyclic) bond motifs is 2. The van der Waals surface area contributed by atoms with Crippen molar-refractivity contribution in [1.82, 2.24) is 0 Å². The third kappa shape index (κ3) is 3.01. The average molecular weight is 384 g/mol. The van der Waals surface area contributed by atoms with Gasteiger partial charge < -0.3 is 4.55 Å². The van der Waals surface area contributed by atoms with Gasteiger partial charge in [-0.05, 0) is 48.7 Å². The molecule has 0 amide bonds. The molecule has 0 spiro atoms. The second-order valence-corrected chi connectivity index (χ2v) is 7.43. The molecule has 0 N–H and O–H groups in total. The first kappa shape index (κ1) is 18.6. The first-order chi connectivity index (χ1) is 12.5. The van der Waals surface area contributed by atoms with Crippen LogP contribution in [-0.4, -0.2) is 13.0 Å². The van der Waals surface area contributed by atoms with E-state index in [0.717, 1.165) is 43.1 Å². The molecule has 0 aliphatic carbocycles. The fourth-order valence-corrected chi connectivity index (χ4v) is 4.23. The number of hydrogen-bond donors (Lipinski definition) is 0. The number of benzene rings is 5. The van der Waals surface area contributed by atoms with Gasteiger partial charge in [-0.3, -0.25) is 4.18 Å². The zero-order valence-corrected chi connectivity index (χ0v) is 17.4. The topological polar surface area (TPSA) is 66.4 Å². The summed E-state index contributed by atoms with van der Waals surface area (Å²) in [5, 5.41) is 8.38. The van der Waals surface area contributed by atoms with Gasteiger partial charge in [0.2, 0.25) is 10.4 Å². The molecule has 0 fully saturated rings. The Hall–Kier alpha value is -1.73. The number of rotatable bonds is 3. The maximum atomic E-state index is 11.0. The van der Waals surface area contributed by atoms with Crippen LogP contribution in [0.25, 0.3) is 43.1 Å². The van der Waals surface area contributed by atoms with Crippen molar-refractivity contribution in [2.24, 2.45) is 0 Å². The van der Waals surface area contributed by atoms with Crippen LogP contribution in [0, 0.1) is 0 Å². The molecule has 5 aromatic rings. The summed E-state index contributed by atoms with van der Waals surface area (Å²) in [7, 11) is -4.77. The Kier molecular flexibility index (Phi) is 4.63. The van der Waals surface area contributed by atoms with Gasteiger partial charge in [-0.2, -0.15) is 0 Å². The molecular formula is C21H13NaO4S. The van der Waals surface area contributed by atoms with E-state index < -0.39 is 10.4 Å². The quantitative estimate of drug-likeness (QED) is 0.156. The molecule has 0 saturated heterocycles. The van der Waals surface area contributed by atoms with E-state index in [2.05, 4.69) is 28.4 Å². The molecule has 0 atom stereocenters. The van der Waals surface area contributed by atoms with Crippen LogP contribution in [0.2, 0.25) is 0 Å². The van der Waals surface area contributed by atoms with Gasteiger partial charge in [0.05, 0.1) is 6.61 Å². The predicted octanol–water partition coefficient (Wildman–Crippen LogP) is 1.72. The summed E-state index contributed by atoms with van der Waals surface area (Å²) >= 11 is 0. The van der Waals surface area contributed by atoms with Crippen LogP contribution in [-0.2, 0) is 21.2 Å². The van der Waals surface area contributed by atoms with Crippen LogP contribution in [0.15, 0.2) is 66.7 Å². The Labute approximate surface area is 178 Å². The van der Waals surface area contributed by atoms with Crippen molar-refractivity contribution in [3.05, 3.63) is 72.3 Å². The minimum absolute atomic E-state index is 0. The number of hydrogen-bond acceptors (Lipinski definition) is 4. The average Bonchev–Trinajstić information content (AvgIpc) is 2.64. The molecule has 5 aromatic carbocycles. The SMILES string of the molecule is O=S(=O)([O-])OCc1c2ccccc2c2ccc3cccc4ccc1c2c43.[Na+]. The molecule has 6 heteroatoms. The van der Waals surface area contributed by atoms with Gasteiger partial charge in [0.25, 0.3) is 0 Å². The minimum atomic E-state index is -4.77. The van der Waals surface area contributed by atoms with Gasteiger partial charge in [0, 0.05) is 0 Å². The van der Waals surface area contributed by atoms with E-state index in [1.54, 1.807) is 0 Å². The maximum absolute atomic E-state index is 11.0. The van der Waals surface area contributed by atoms with Gasteiger partial charge in [-0.25, -0.2) is 8.42 Å². The van der Waals surface area contributed by atoms with E-state index in [1.807, 2.05) is 42.5 Å². The van der Waals surface area contributed by atoms with E-state index in [9.17, 15) is 13.0 Å². The van der Waals surface area contributed by atoms with E-state index in [0.29, 0.717) is 5.56 Å². The summed E-state index contributed by atoms with van der Waals surface area (Å²) in [5.41, 5.74) is 0.714. The Balaban J connectivity index is 0.00000180. The summed E-state index contributed by atoms with van der Waals surface area (Å²) in [6, 6.07) is 22.1. The van der Waals surface area contributed by atoms with E-state index >= 15 is 0 Å². The van der Waals surface area contributed by atoms with E-state index in [4.69, 9.17) is 0 Å². The first-order valence-corrected chi connectivity index (χ1v) is 9.53. The summed E-state index contributed by atoms with van der Waals surface area (Å²) in [5.74, 6) is 0. The maximum Gasteiger partial charge on any atom is 1.00 e. The molecular weight excluding hydrogens is 371 g/mol. The second-order valence-electron chi connectivity index (χ2n) is 6.38. The van der Waals surface area contributed by atoms with Gasteiger partial charge in [-0.1, -0.05) is 66.7 Å². The monoisotopic (exact) mass is 384 g/mol. The van der Waals surface area contributed by atoms with Crippen molar-refractivity contribution in [1.29, 1.82) is 0 Å². The molecule has 0 saturated carbocycles. The van der Waals surface area contributed by atoms with Crippen molar-refractivity contribution in [2.75, 3.05) is 0 Å². The fourth-order valence-electron chi connectivity index (χ4n) is 3.97. The standard InChI is InChI=1S/C21H14O4S.Na/c22-26(23,24)25-12-19-16-7-2-1-6-15(16)17-10-8-13-4-3-5-14-9-11-18(19)21(17)20(13)14;/h1-11H,12H2,(H,22,23,24);/q;+1/p-1. The molecule has 0 aliphatic heterocycles. The molecule has 0 aromatic heterocycles. The van der Waals surface area contributed by atoms with E-state index in [1.165, 1.54) is 0 Å². The van der Waals surface area contributed by atoms with Crippen molar-refractivity contribution in [3.8, 4) is 0 Å². The van der Waals surface area contributed by atoms with Crippen LogP contribution in [0.3, 0.4) is 0 Å². The minimum Gasteiger partial charge on any atom is -0.726 e. The van der Waals surface area contributed by atoms with Crippen LogP contribution < -0.4 is 29.6 Å². The summed E-state index contributed by atoms with van der Waals surface area (Å²) in [4.78, 5) is 0. The summed E-state index contributed by atoms with van der Waals surface area (Å²) in [6.07, 6.45) is 0. The normalized spacial score (nSPS) is 12.2. The molecule has 0 aliphatic rings. The van der Waals surface area contributed by atoms with Crippen molar-refractivity contribution < 1.29 is 46.7 Å². The smallest absolute Gasteiger partial charge is 0.726 e. The van der Waals surface area contributed by atoms with Gasteiger partial charge >= 0.3 is 29.6 Å². The molecule has 0 bridgehead atoms. The molecule has 0 radical (unpaired) electrons. The van der Waals surface area contributed by atoms with Crippen LogP contribution in [0.5, 0.6) is 0 Å². The second kappa shape index (κ2) is 6.71. The van der Waals surface area contributed by atoms with E-state index in [-0.39, 0.29) is 36.2 Å². The van der Waals surface area contributed by atoms with Gasteiger partial charge in [0.1, 0.15) is 0 Å². The Morgan fingerprint density at radius 3 is 2.00 bits per heavy atom. The first-order valence-electron chi connectivity index (χ1n) is 8.20. The van der Waals surface area contributed by atoms with Crippen molar-refractivity contribution in [2.45, 2.75) is 6.61 Å². The largest absolute Gasteiger partial charge is 1.00 e. The molecule has 27 heavy (non-hydrogen) atoms. The third-order valence-electron chi connectivity index (χ3n) is 4.99. The Morgan fingerprint density at radius 1 is 0.704 bits per heavy atom. The van der Waals surface area contributed by atoms with Gasteiger partial charge in [0.15, 0.2) is 0 Å². The van der Waals surface area contributed by atoms with Crippen LogP contribution >= 0.6 is 0 Å². The van der Waals surface area contributed by atoms with Crippen LogP contribution in [0.1, 0.15) is 5.56 Å². The Bertz CT molecular complexity index is 1390. The molecule has 128 valence electrons. The molecule has 4 nitrogen and oxygen atoms in total. The predicted molar refractivity (Wildman–Crippen MR) is 102 cm³/mol. The molecule has 5 rings (SSSR count). The third-order valence-corrected chi connectivity index (χ3v) is 5.40. The van der Waals surface area contributed by atoms with Gasteiger partial charge in [-0.15, -0.1) is 0 Å². The zero-order chi connectivity index (χ0) is 17.9.